The third-order valence-electron chi connectivity index (χ3n) is 8.66. The van der Waals surface area contributed by atoms with Gasteiger partial charge in [0.05, 0.1) is 22.3 Å². The van der Waals surface area contributed by atoms with Gasteiger partial charge in [-0.25, -0.2) is 14.6 Å². The highest BCUT2D eigenvalue weighted by atomic mass is 16.5. The molecule has 0 aromatic heterocycles. The first-order valence-corrected chi connectivity index (χ1v) is 15.6. The summed E-state index contributed by atoms with van der Waals surface area (Å²) in [7, 11) is 1.36. The lowest BCUT2D eigenvalue weighted by atomic mass is 9.98. The Labute approximate surface area is 288 Å². The molecule has 51 heavy (non-hydrogen) atoms. The van der Waals surface area contributed by atoms with Crippen molar-refractivity contribution < 1.29 is 48.1 Å². The smallest absolute Gasteiger partial charge is 0.343 e. The molecule has 2 N–H and O–H groups in total. The SMILES string of the molecule is CN1C(=O)c2ccc(C(=O)Oc3ccc(CC4NC(=O)C(Cc5ccc(OC(=O)c6ccc7c(c6)C([O-])=NC7=O)cc5)NC4=O)cc3)cc2C1=O. The monoisotopic (exact) mass is 685 g/mol. The molecule has 3 heterocycles. The maximum absolute atomic E-state index is 12.9. The van der Waals surface area contributed by atoms with Crippen LogP contribution < -0.4 is 25.2 Å². The van der Waals surface area contributed by atoms with Crippen LogP contribution in [0.25, 0.3) is 0 Å². The molecule has 4 aromatic carbocycles. The molecule has 4 aromatic rings. The fourth-order valence-electron chi connectivity index (χ4n) is 5.89. The van der Waals surface area contributed by atoms with E-state index in [1.54, 1.807) is 36.4 Å². The molecule has 2 unspecified atom stereocenters. The molecule has 0 saturated carbocycles. The standard InChI is InChI=1S/C37H26N4O10/c1-41-34(46)25-13-7-21(17-27(25)35(41)47)37(49)51-23-10-4-19(5-11-23)15-29-33(45)38-28(32(44)39-29)14-18-2-8-22(9-3-18)50-36(48)20-6-12-24-26(16-20)31(43)40-30(24)42/h2-13,16-17,28-29H,14-15H2,1H3,(H,38,45)(H,39,44)(H,40,42,43)/p-1. The zero-order chi connectivity index (χ0) is 36.0. The number of aliphatic imine (C=N–C) groups is 1. The predicted molar refractivity (Wildman–Crippen MR) is 174 cm³/mol. The van der Waals surface area contributed by atoms with Crippen molar-refractivity contribution >= 4 is 47.4 Å². The number of ether oxygens (including phenoxy) is 2. The van der Waals surface area contributed by atoms with Gasteiger partial charge in [-0.3, -0.25) is 28.9 Å². The van der Waals surface area contributed by atoms with Gasteiger partial charge in [0.15, 0.2) is 0 Å². The Morgan fingerprint density at radius 2 is 1.10 bits per heavy atom. The van der Waals surface area contributed by atoms with Crippen LogP contribution in [0.2, 0.25) is 0 Å². The fourth-order valence-corrected chi connectivity index (χ4v) is 5.89. The second-order valence-corrected chi connectivity index (χ2v) is 12.0. The Morgan fingerprint density at radius 3 is 1.61 bits per heavy atom. The molecule has 0 radical (unpaired) electrons. The lowest BCUT2D eigenvalue weighted by molar-refractivity contribution is -0.212. The van der Waals surface area contributed by atoms with E-state index in [1.165, 1.54) is 55.6 Å². The first kappa shape index (κ1) is 32.6. The van der Waals surface area contributed by atoms with E-state index in [0.717, 1.165) is 4.90 Å². The summed E-state index contributed by atoms with van der Waals surface area (Å²) in [6.45, 7) is 0. The van der Waals surface area contributed by atoms with E-state index < -0.39 is 47.6 Å². The van der Waals surface area contributed by atoms with Gasteiger partial charge in [0, 0.05) is 25.5 Å². The molecule has 1 fully saturated rings. The molecule has 5 amide bonds. The number of nitrogens with zero attached hydrogens (tertiary/aromatic N) is 2. The van der Waals surface area contributed by atoms with Crippen molar-refractivity contribution in [3.05, 3.63) is 129 Å². The summed E-state index contributed by atoms with van der Waals surface area (Å²) >= 11 is 0. The van der Waals surface area contributed by atoms with Gasteiger partial charge >= 0.3 is 11.9 Å². The molecular weight excluding hydrogens is 660 g/mol. The van der Waals surface area contributed by atoms with Gasteiger partial charge in [0.2, 0.25) is 11.8 Å². The third-order valence-corrected chi connectivity index (χ3v) is 8.66. The second-order valence-electron chi connectivity index (χ2n) is 12.0. The molecule has 1 saturated heterocycles. The molecule has 3 aliphatic rings. The Balaban J connectivity index is 0.905. The van der Waals surface area contributed by atoms with Gasteiger partial charge < -0.3 is 25.2 Å². The molecule has 14 nitrogen and oxygen atoms in total. The number of amides is 5. The van der Waals surface area contributed by atoms with E-state index in [9.17, 15) is 38.7 Å². The Kier molecular flexibility index (Phi) is 8.19. The summed E-state index contributed by atoms with van der Waals surface area (Å²) in [5, 5.41) is 17.4. The number of nitrogens with one attached hydrogen (secondary N) is 2. The van der Waals surface area contributed by atoms with Gasteiger partial charge in [0.25, 0.3) is 17.7 Å². The van der Waals surface area contributed by atoms with E-state index in [4.69, 9.17) is 9.47 Å². The molecular formula is C37H25N4O10-. The van der Waals surface area contributed by atoms with Crippen molar-refractivity contribution in [2.45, 2.75) is 24.9 Å². The van der Waals surface area contributed by atoms with Crippen LogP contribution in [0.1, 0.15) is 68.5 Å². The Hall–Kier alpha value is -6.96. The molecule has 2 atom stereocenters. The normalized spacial score (nSPS) is 17.7. The first-order valence-electron chi connectivity index (χ1n) is 15.6. The number of fused-ring (bicyclic) bond motifs is 2. The number of carbonyl (C=O) groups excluding carboxylic acids is 7. The minimum Gasteiger partial charge on any atom is -0.858 e. The van der Waals surface area contributed by atoms with Gasteiger partial charge in [-0.2, -0.15) is 0 Å². The van der Waals surface area contributed by atoms with Crippen LogP contribution in [0.5, 0.6) is 11.5 Å². The summed E-state index contributed by atoms with van der Waals surface area (Å²) in [5.41, 5.74) is 2.08. The van der Waals surface area contributed by atoms with Crippen molar-refractivity contribution in [3.63, 3.8) is 0 Å². The number of hydrogen-bond donors (Lipinski definition) is 2. The van der Waals surface area contributed by atoms with Crippen LogP contribution in [-0.2, 0) is 22.4 Å². The molecule has 0 bridgehead atoms. The zero-order valence-corrected chi connectivity index (χ0v) is 26.6. The highest BCUT2D eigenvalue weighted by molar-refractivity contribution is 6.22. The van der Waals surface area contributed by atoms with E-state index in [0.29, 0.717) is 11.1 Å². The molecule has 0 spiro atoms. The topological polar surface area (TPSA) is 201 Å². The molecule has 3 aliphatic heterocycles. The van der Waals surface area contributed by atoms with Gasteiger partial charge in [0.1, 0.15) is 23.6 Å². The lowest BCUT2D eigenvalue weighted by Crippen LogP contribution is -2.62. The van der Waals surface area contributed by atoms with Crippen molar-refractivity contribution in [1.82, 2.24) is 15.5 Å². The number of benzene rings is 4. The van der Waals surface area contributed by atoms with Gasteiger partial charge in [-0.15, -0.1) is 0 Å². The summed E-state index contributed by atoms with van der Waals surface area (Å²) in [4.78, 5) is 91.6. The number of imide groups is 1. The largest absolute Gasteiger partial charge is 0.858 e. The van der Waals surface area contributed by atoms with Crippen LogP contribution >= 0.6 is 0 Å². The van der Waals surface area contributed by atoms with E-state index >= 15 is 0 Å². The van der Waals surface area contributed by atoms with Crippen LogP contribution in [0, 0.1) is 0 Å². The highest BCUT2D eigenvalue weighted by Crippen LogP contribution is 2.25. The van der Waals surface area contributed by atoms with E-state index in [2.05, 4.69) is 15.6 Å². The summed E-state index contributed by atoms with van der Waals surface area (Å²) in [6, 6.07) is 19.2. The third kappa shape index (κ3) is 6.33. The minimum atomic E-state index is -0.839. The van der Waals surface area contributed by atoms with Crippen LogP contribution in [0.3, 0.4) is 0 Å². The Morgan fingerprint density at radius 1 is 0.647 bits per heavy atom. The maximum atomic E-state index is 12.9. The van der Waals surface area contributed by atoms with Crippen molar-refractivity contribution in [3.8, 4) is 11.5 Å². The quantitative estimate of drug-likeness (QED) is 0.155. The number of carbonyl (C=O) groups is 7. The predicted octanol–water partition coefficient (Wildman–Crippen LogP) is 1.38. The second kappa shape index (κ2) is 12.8. The summed E-state index contributed by atoms with van der Waals surface area (Å²) < 4.78 is 10.8. The van der Waals surface area contributed by atoms with E-state index in [1.807, 2.05) is 0 Å². The average molecular weight is 686 g/mol. The first-order chi connectivity index (χ1) is 24.4. The fraction of sp³-hybridized carbons (Fsp3) is 0.135. The molecule has 14 heteroatoms. The van der Waals surface area contributed by atoms with Crippen molar-refractivity contribution in [2.24, 2.45) is 4.99 Å². The number of piperazine rings is 1. The van der Waals surface area contributed by atoms with Crippen molar-refractivity contribution in [2.75, 3.05) is 7.05 Å². The van der Waals surface area contributed by atoms with E-state index in [-0.39, 0.29) is 69.5 Å². The van der Waals surface area contributed by atoms with Gasteiger partial charge in [-0.05, 0) is 83.3 Å². The number of hydrogen-bond acceptors (Lipinski definition) is 10. The maximum Gasteiger partial charge on any atom is 0.343 e. The summed E-state index contributed by atoms with van der Waals surface area (Å²) in [6.07, 6.45) is 0.352. The molecule has 7 rings (SSSR count). The molecule has 0 aliphatic carbocycles. The highest BCUT2D eigenvalue weighted by Gasteiger charge is 2.35. The van der Waals surface area contributed by atoms with Crippen LogP contribution in [0.15, 0.2) is 89.9 Å². The van der Waals surface area contributed by atoms with Crippen LogP contribution in [-0.4, -0.2) is 71.4 Å². The molecule has 254 valence electrons. The Bertz CT molecular complexity index is 2230. The summed E-state index contributed by atoms with van der Waals surface area (Å²) in [5.74, 6) is -4.08. The lowest BCUT2D eigenvalue weighted by Gasteiger charge is -2.29. The number of rotatable bonds is 8. The van der Waals surface area contributed by atoms with Gasteiger partial charge in [-0.1, -0.05) is 24.3 Å². The minimum absolute atomic E-state index is 0.0401. The zero-order valence-electron chi connectivity index (χ0n) is 26.6. The average Bonchev–Trinajstić information content (AvgIpc) is 3.53. The van der Waals surface area contributed by atoms with Crippen LogP contribution in [0.4, 0.5) is 0 Å². The van der Waals surface area contributed by atoms with Crippen molar-refractivity contribution in [1.29, 1.82) is 0 Å². The number of esters is 2.